The van der Waals surface area contributed by atoms with Gasteiger partial charge in [-0.2, -0.15) is 0 Å². The van der Waals surface area contributed by atoms with E-state index in [-0.39, 0.29) is 5.56 Å². The van der Waals surface area contributed by atoms with Crippen molar-refractivity contribution in [3.05, 3.63) is 29.6 Å². The Hall–Kier alpha value is -1.46. The van der Waals surface area contributed by atoms with Crippen molar-refractivity contribution >= 4 is 5.97 Å². The smallest absolute Gasteiger partial charge is 0.337 e. The summed E-state index contributed by atoms with van der Waals surface area (Å²) in [6, 6.07) is 3.79. The minimum Gasteiger partial charge on any atom is -0.478 e. The van der Waals surface area contributed by atoms with Crippen molar-refractivity contribution in [1.29, 1.82) is 0 Å². The molecule has 2 N–H and O–H groups in total. The molecule has 118 valence electrons. The average Bonchev–Trinajstić information content (AvgIpc) is 2.50. The molecule has 0 aromatic carbocycles. The molecule has 0 fully saturated rings. The van der Waals surface area contributed by atoms with Crippen molar-refractivity contribution in [1.82, 2.24) is 15.2 Å². The van der Waals surface area contributed by atoms with Crippen LogP contribution in [0.25, 0.3) is 0 Å². The van der Waals surface area contributed by atoms with Gasteiger partial charge in [0, 0.05) is 18.8 Å². The van der Waals surface area contributed by atoms with Crippen LogP contribution in [0.2, 0.25) is 0 Å². The van der Waals surface area contributed by atoms with Gasteiger partial charge in [-0.15, -0.1) is 0 Å². The van der Waals surface area contributed by atoms with Crippen LogP contribution in [0.1, 0.15) is 49.7 Å². The predicted molar refractivity (Wildman–Crippen MR) is 84.5 cm³/mol. The second-order valence-electron chi connectivity index (χ2n) is 5.29. The lowest BCUT2D eigenvalue weighted by Gasteiger charge is -2.19. The average molecular weight is 293 g/mol. The first kappa shape index (κ1) is 17.6. The third-order valence-corrected chi connectivity index (χ3v) is 3.71. The van der Waals surface area contributed by atoms with Gasteiger partial charge in [0.1, 0.15) is 0 Å². The lowest BCUT2D eigenvalue weighted by molar-refractivity contribution is 0.0696. The summed E-state index contributed by atoms with van der Waals surface area (Å²) in [6.07, 6.45) is 3.72. The van der Waals surface area contributed by atoms with Crippen LogP contribution >= 0.6 is 0 Å². The number of carbonyl (C=O) groups is 1. The number of hydrogen-bond acceptors (Lipinski definition) is 4. The van der Waals surface area contributed by atoms with E-state index in [1.54, 1.807) is 12.1 Å². The van der Waals surface area contributed by atoms with E-state index in [9.17, 15) is 4.79 Å². The zero-order chi connectivity index (χ0) is 15.7. The third kappa shape index (κ3) is 6.69. The molecule has 0 saturated heterocycles. The van der Waals surface area contributed by atoms with Crippen molar-refractivity contribution < 1.29 is 9.90 Å². The summed E-state index contributed by atoms with van der Waals surface area (Å²) < 4.78 is 0. The maximum atomic E-state index is 10.7. The number of nitrogens with one attached hydrogen (secondary N) is 1. The lowest BCUT2D eigenvalue weighted by Crippen LogP contribution is -2.29. The molecule has 0 aliphatic carbocycles. The molecule has 1 unspecified atom stereocenters. The predicted octanol–water partition coefficient (Wildman–Crippen LogP) is 2.38. The van der Waals surface area contributed by atoms with Gasteiger partial charge in [-0.25, -0.2) is 4.79 Å². The number of carboxylic acids is 1. The van der Waals surface area contributed by atoms with Gasteiger partial charge < -0.3 is 15.3 Å². The molecule has 21 heavy (non-hydrogen) atoms. The van der Waals surface area contributed by atoms with Crippen molar-refractivity contribution in [2.75, 3.05) is 19.6 Å². The maximum absolute atomic E-state index is 10.7. The number of aromatic carboxylic acids is 1. The van der Waals surface area contributed by atoms with Crippen LogP contribution in [-0.4, -0.2) is 46.6 Å². The first-order valence-electron chi connectivity index (χ1n) is 7.70. The Morgan fingerprint density at radius 3 is 2.62 bits per heavy atom. The van der Waals surface area contributed by atoms with E-state index in [0.717, 1.165) is 31.7 Å². The van der Waals surface area contributed by atoms with E-state index < -0.39 is 5.97 Å². The minimum absolute atomic E-state index is 0.228. The van der Waals surface area contributed by atoms with E-state index in [1.807, 2.05) is 0 Å². The summed E-state index contributed by atoms with van der Waals surface area (Å²) in [7, 11) is 0. The number of aromatic nitrogens is 1. The number of pyridine rings is 1. The molecule has 1 aromatic heterocycles. The summed E-state index contributed by atoms with van der Waals surface area (Å²) in [5.41, 5.74) is 1.10. The Bertz CT molecular complexity index is 416. The van der Waals surface area contributed by atoms with Crippen LogP contribution in [0, 0.1) is 0 Å². The Morgan fingerprint density at radius 2 is 2.10 bits per heavy atom. The topological polar surface area (TPSA) is 65.5 Å². The van der Waals surface area contributed by atoms with E-state index in [2.05, 4.69) is 36.0 Å². The standard InChI is InChI=1S/C16H27N3O2/c1-4-19(5-2)10-6-7-13(3)17-12-15-9-8-14(11-18-15)16(20)21/h8-9,11,13,17H,4-7,10,12H2,1-3H3,(H,20,21). The van der Waals surface area contributed by atoms with E-state index >= 15 is 0 Å². The molecule has 1 aromatic rings. The van der Waals surface area contributed by atoms with E-state index in [1.165, 1.54) is 12.6 Å². The molecular formula is C16H27N3O2. The van der Waals surface area contributed by atoms with Gasteiger partial charge in [0.15, 0.2) is 0 Å². The van der Waals surface area contributed by atoms with Gasteiger partial charge in [-0.05, 0) is 51.5 Å². The van der Waals surface area contributed by atoms with Gasteiger partial charge in [0.25, 0.3) is 0 Å². The highest BCUT2D eigenvalue weighted by Crippen LogP contribution is 2.03. The van der Waals surface area contributed by atoms with E-state index in [4.69, 9.17) is 5.11 Å². The summed E-state index contributed by atoms with van der Waals surface area (Å²) in [4.78, 5) is 17.3. The van der Waals surface area contributed by atoms with Crippen LogP contribution in [0.15, 0.2) is 18.3 Å². The first-order chi connectivity index (χ1) is 10.1. The van der Waals surface area contributed by atoms with Crippen molar-refractivity contribution in [3.8, 4) is 0 Å². The Balaban J connectivity index is 2.26. The Labute approximate surface area is 127 Å². The van der Waals surface area contributed by atoms with Gasteiger partial charge in [-0.3, -0.25) is 4.98 Å². The quantitative estimate of drug-likeness (QED) is 0.693. The van der Waals surface area contributed by atoms with Crippen molar-refractivity contribution in [2.24, 2.45) is 0 Å². The summed E-state index contributed by atoms with van der Waals surface area (Å²) >= 11 is 0. The van der Waals surface area contributed by atoms with E-state index in [0.29, 0.717) is 12.6 Å². The maximum Gasteiger partial charge on any atom is 0.337 e. The molecule has 0 saturated carbocycles. The monoisotopic (exact) mass is 293 g/mol. The van der Waals surface area contributed by atoms with Gasteiger partial charge in [-0.1, -0.05) is 13.8 Å². The van der Waals surface area contributed by atoms with Crippen LogP contribution in [0.3, 0.4) is 0 Å². The molecule has 0 aliphatic rings. The zero-order valence-corrected chi connectivity index (χ0v) is 13.3. The zero-order valence-electron chi connectivity index (χ0n) is 13.3. The normalized spacial score (nSPS) is 12.6. The summed E-state index contributed by atoms with van der Waals surface area (Å²) in [5, 5.41) is 12.2. The molecule has 0 spiro atoms. The highest BCUT2D eigenvalue weighted by molar-refractivity contribution is 5.87. The van der Waals surface area contributed by atoms with Crippen LogP contribution < -0.4 is 5.32 Å². The fourth-order valence-corrected chi connectivity index (χ4v) is 2.20. The Morgan fingerprint density at radius 1 is 1.38 bits per heavy atom. The molecule has 5 nitrogen and oxygen atoms in total. The molecular weight excluding hydrogens is 266 g/mol. The molecule has 0 radical (unpaired) electrons. The minimum atomic E-state index is -0.938. The third-order valence-electron chi connectivity index (χ3n) is 3.71. The van der Waals surface area contributed by atoms with Gasteiger partial charge >= 0.3 is 5.97 Å². The molecule has 1 heterocycles. The van der Waals surface area contributed by atoms with Gasteiger partial charge in [0.05, 0.1) is 11.3 Å². The molecule has 5 heteroatoms. The SMILES string of the molecule is CCN(CC)CCCC(C)NCc1ccc(C(=O)O)cn1. The highest BCUT2D eigenvalue weighted by Gasteiger charge is 2.06. The van der Waals surface area contributed by atoms with Crippen molar-refractivity contribution in [3.63, 3.8) is 0 Å². The number of nitrogens with zero attached hydrogens (tertiary/aromatic N) is 2. The van der Waals surface area contributed by atoms with Crippen LogP contribution in [0.5, 0.6) is 0 Å². The Kier molecular flexibility index (Phi) is 7.93. The van der Waals surface area contributed by atoms with Crippen LogP contribution in [0.4, 0.5) is 0 Å². The number of hydrogen-bond donors (Lipinski definition) is 2. The number of carboxylic acid groups (broad SMARTS) is 1. The summed E-state index contributed by atoms with van der Waals surface area (Å²) in [5.74, 6) is -0.938. The largest absolute Gasteiger partial charge is 0.478 e. The summed E-state index contributed by atoms with van der Waals surface area (Å²) in [6.45, 7) is 10.6. The second-order valence-corrected chi connectivity index (χ2v) is 5.29. The fourth-order valence-electron chi connectivity index (χ4n) is 2.20. The molecule has 0 bridgehead atoms. The van der Waals surface area contributed by atoms with Crippen molar-refractivity contribution in [2.45, 2.75) is 46.2 Å². The van der Waals surface area contributed by atoms with Crippen LogP contribution in [-0.2, 0) is 6.54 Å². The molecule has 0 aliphatic heterocycles. The molecule has 0 amide bonds. The second kappa shape index (κ2) is 9.47. The molecule has 1 atom stereocenters. The lowest BCUT2D eigenvalue weighted by atomic mass is 10.1. The first-order valence-corrected chi connectivity index (χ1v) is 7.70. The highest BCUT2D eigenvalue weighted by atomic mass is 16.4. The van der Waals surface area contributed by atoms with Gasteiger partial charge in [0.2, 0.25) is 0 Å². The number of rotatable bonds is 10. The molecule has 1 rings (SSSR count). The fraction of sp³-hybridized carbons (Fsp3) is 0.625.